The fraction of sp³-hybridized carbons (Fsp3) is 0.471. The van der Waals surface area contributed by atoms with E-state index in [0.29, 0.717) is 0 Å². The molecule has 0 aliphatic rings. The largest absolute Gasteiger partial charge is 0.444 e. The minimum atomic E-state index is -4.53. The lowest BCUT2D eigenvalue weighted by Crippen LogP contribution is -2.47. The number of amides is 2. The number of alkyl carbamates (subject to hydrolysis) is 2. The number of carbonyl (C=O) groups excluding carboxylic acids is 2. The van der Waals surface area contributed by atoms with Gasteiger partial charge in [0.15, 0.2) is 0 Å². The Hall–Kier alpha value is -3.42. The van der Waals surface area contributed by atoms with Crippen molar-refractivity contribution in [2.75, 3.05) is 0 Å². The van der Waals surface area contributed by atoms with Crippen molar-refractivity contribution >= 4 is 34.0 Å². The Kier molecular flexibility index (Phi) is 7.93. The maximum Gasteiger partial charge on any atom is 0.414 e. The number of carbonyl (C=O) groups is 2. The predicted octanol–water partition coefficient (Wildman–Crippen LogP) is 2.62. The van der Waals surface area contributed by atoms with Gasteiger partial charge in [-0.05, 0) is 58.8 Å². The Bertz CT molecular complexity index is 927. The van der Waals surface area contributed by atoms with Crippen molar-refractivity contribution in [3.8, 4) is 0 Å². The summed E-state index contributed by atoms with van der Waals surface area (Å²) < 4.78 is 39.0. The van der Waals surface area contributed by atoms with Crippen LogP contribution in [0.15, 0.2) is 34.3 Å². The van der Waals surface area contributed by atoms with Crippen LogP contribution >= 0.6 is 0 Å². The van der Waals surface area contributed by atoms with Crippen LogP contribution in [-0.2, 0) is 23.9 Å². The topological polar surface area (TPSA) is 176 Å². The number of nitrogens with zero attached hydrogens (tertiary/aromatic N) is 2. The second-order valence-electron chi connectivity index (χ2n) is 7.97. The van der Waals surface area contributed by atoms with Crippen LogP contribution < -0.4 is 10.6 Å². The second-order valence-corrected chi connectivity index (χ2v) is 9.50. The monoisotopic (exact) mass is 460 g/mol. The number of oxime groups is 1. The van der Waals surface area contributed by atoms with Crippen molar-refractivity contribution in [1.82, 2.24) is 10.6 Å². The van der Waals surface area contributed by atoms with E-state index in [-0.39, 0.29) is 5.69 Å². The molecule has 2 N–H and O–H groups in total. The van der Waals surface area contributed by atoms with E-state index in [2.05, 4.69) is 9.44 Å². The summed E-state index contributed by atoms with van der Waals surface area (Å²) in [6, 6.07) is 3.79. The Morgan fingerprint density at radius 3 is 1.71 bits per heavy atom. The van der Waals surface area contributed by atoms with Crippen LogP contribution in [0, 0.1) is 10.1 Å². The number of non-ortho nitro benzene ring substituents is 1. The van der Waals surface area contributed by atoms with Crippen LogP contribution in [0.5, 0.6) is 0 Å². The predicted molar refractivity (Wildman–Crippen MR) is 108 cm³/mol. The number of ether oxygens (including phenoxy) is 2. The summed E-state index contributed by atoms with van der Waals surface area (Å²) in [6.07, 6.45) is -2.11. The molecule has 0 unspecified atom stereocenters. The van der Waals surface area contributed by atoms with Crippen molar-refractivity contribution in [1.29, 1.82) is 0 Å². The molecule has 0 atom stereocenters. The zero-order chi connectivity index (χ0) is 24.0. The fourth-order valence-corrected chi connectivity index (χ4v) is 2.47. The average molecular weight is 460 g/mol. The van der Waals surface area contributed by atoms with Crippen molar-refractivity contribution < 1.29 is 36.7 Å². The third-order valence-corrected chi connectivity index (χ3v) is 3.92. The Morgan fingerprint density at radius 1 is 0.935 bits per heavy atom. The van der Waals surface area contributed by atoms with Gasteiger partial charge in [-0.3, -0.25) is 25.0 Å². The summed E-state index contributed by atoms with van der Waals surface area (Å²) in [4.78, 5) is 33.4. The smallest absolute Gasteiger partial charge is 0.414 e. The highest BCUT2D eigenvalue weighted by Gasteiger charge is 2.23. The summed E-state index contributed by atoms with van der Waals surface area (Å²) >= 11 is 0. The van der Waals surface area contributed by atoms with Crippen molar-refractivity contribution in [3.63, 3.8) is 0 Å². The molecule has 0 saturated heterocycles. The molecule has 13 nitrogen and oxygen atoms in total. The van der Waals surface area contributed by atoms with Gasteiger partial charge in [0.05, 0.1) is 4.92 Å². The first-order chi connectivity index (χ1) is 14.0. The summed E-state index contributed by atoms with van der Waals surface area (Å²) in [7, 11) is -4.53. The zero-order valence-electron chi connectivity index (χ0n) is 17.8. The van der Waals surface area contributed by atoms with Gasteiger partial charge in [-0.15, -0.1) is 0 Å². The first-order valence-corrected chi connectivity index (χ1v) is 10.2. The first-order valence-electron chi connectivity index (χ1n) is 8.75. The van der Waals surface area contributed by atoms with E-state index in [9.17, 15) is 28.1 Å². The quantitative estimate of drug-likeness (QED) is 0.296. The molecular formula is C17H24N4O9S. The standard InChI is InChI=1S/C17H24N4O9S/c1-16(2,3)28-14(22)18-13(19-15(23)29-17(4,5)6)20-30-31(26,27)12-9-7-11(8-10-12)21(24)25/h7-10H,1-6H3,(H2,18,19,20,22,23). The third kappa shape index (κ3) is 9.75. The summed E-state index contributed by atoms with van der Waals surface area (Å²) in [6.45, 7) is 9.50. The normalized spacial score (nSPS) is 11.7. The van der Waals surface area contributed by atoms with Gasteiger partial charge in [-0.25, -0.2) is 9.59 Å². The van der Waals surface area contributed by atoms with Crippen molar-refractivity contribution in [2.24, 2.45) is 5.16 Å². The molecule has 0 spiro atoms. The number of nitro benzene ring substituents is 1. The molecule has 1 aromatic rings. The molecule has 0 heterocycles. The van der Waals surface area contributed by atoms with Gasteiger partial charge in [-0.2, -0.15) is 8.42 Å². The summed E-state index contributed by atoms with van der Waals surface area (Å²) in [5.74, 6) is -0.728. The molecule has 0 saturated carbocycles. The van der Waals surface area contributed by atoms with Gasteiger partial charge in [0.25, 0.3) is 11.6 Å². The minimum absolute atomic E-state index is 0.332. The molecule has 0 bridgehead atoms. The van der Waals surface area contributed by atoms with E-state index in [1.54, 1.807) is 41.5 Å². The number of nitrogens with one attached hydrogen (secondary N) is 2. The van der Waals surface area contributed by atoms with Gasteiger partial charge in [0, 0.05) is 12.1 Å². The van der Waals surface area contributed by atoms with E-state index in [1.807, 2.05) is 10.6 Å². The van der Waals surface area contributed by atoms with E-state index >= 15 is 0 Å². The number of benzene rings is 1. The molecule has 1 rings (SSSR count). The number of guanidine groups is 1. The summed E-state index contributed by atoms with van der Waals surface area (Å²) in [5, 5.41) is 18.0. The van der Waals surface area contributed by atoms with Gasteiger partial charge in [0.1, 0.15) is 16.1 Å². The molecule has 0 aliphatic heterocycles. The first kappa shape index (κ1) is 25.6. The molecule has 0 aromatic heterocycles. The van der Waals surface area contributed by atoms with Gasteiger partial charge >= 0.3 is 22.3 Å². The highest BCUT2D eigenvalue weighted by Crippen LogP contribution is 2.17. The van der Waals surface area contributed by atoms with Gasteiger partial charge < -0.3 is 9.47 Å². The number of nitro groups is 1. The molecule has 172 valence electrons. The van der Waals surface area contributed by atoms with E-state index < -0.39 is 49.3 Å². The van der Waals surface area contributed by atoms with Gasteiger partial charge in [0.2, 0.25) is 0 Å². The number of hydrogen-bond acceptors (Lipinski definition) is 10. The average Bonchev–Trinajstić information content (AvgIpc) is 2.56. The van der Waals surface area contributed by atoms with Crippen LogP contribution in [-0.4, -0.2) is 42.7 Å². The van der Waals surface area contributed by atoms with Crippen LogP contribution in [0.4, 0.5) is 15.3 Å². The molecule has 14 heteroatoms. The molecule has 31 heavy (non-hydrogen) atoms. The Morgan fingerprint density at radius 2 is 1.35 bits per heavy atom. The van der Waals surface area contributed by atoms with E-state index in [0.717, 1.165) is 24.3 Å². The minimum Gasteiger partial charge on any atom is -0.444 e. The highest BCUT2D eigenvalue weighted by atomic mass is 32.2. The fourth-order valence-electron chi connectivity index (χ4n) is 1.74. The summed E-state index contributed by atoms with van der Waals surface area (Å²) in [5.41, 5.74) is -2.12. The van der Waals surface area contributed by atoms with Crippen LogP contribution in [0.2, 0.25) is 0 Å². The zero-order valence-corrected chi connectivity index (χ0v) is 18.6. The maximum atomic E-state index is 12.3. The maximum absolute atomic E-state index is 12.3. The van der Waals surface area contributed by atoms with Crippen molar-refractivity contribution in [3.05, 3.63) is 34.4 Å². The molecule has 0 radical (unpaired) electrons. The van der Waals surface area contributed by atoms with Crippen molar-refractivity contribution in [2.45, 2.75) is 57.6 Å². The van der Waals surface area contributed by atoms with E-state index in [1.165, 1.54) is 0 Å². The third-order valence-electron chi connectivity index (χ3n) is 2.80. The Labute approximate surface area is 179 Å². The SMILES string of the molecule is CC(C)(C)OC(=O)NC(=NOS(=O)(=O)c1ccc([N+](=O)[O-])cc1)NC(=O)OC(C)(C)C. The second kappa shape index (κ2) is 9.59. The van der Waals surface area contributed by atoms with E-state index in [4.69, 9.17) is 9.47 Å². The van der Waals surface area contributed by atoms with Gasteiger partial charge in [-0.1, -0.05) is 0 Å². The lowest BCUT2D eigenvalue weighted by Gasteiger charge is -2.21. The molecule has 2 amide bonds. The van der Waals surface area contributed by atoms with Crippen LogP contribution in [0.3, 0.4) is 0 Å². The van der Waals surface area contributed by atoms with Crippen LogP contribution in [0.25, 0.3) is 0 Å². The van der Waals surface area contributed by atoms with Crippen LogP contribution in [0.1, 0.15) is 41.5 Å². The Balaban J connectivity index is 3.07. The molecule has 1 aromatic carbocycles. The number of rotatable bonds is 4. The molecular weight excluding hydrogens is 436 g/mol. The number of hydrogen-bond donors (Lipinski definition) is 2. The lowest BCUT2D eigenvalue weighted by atomic mass is 10.2. The lowest BCUT2D eigenvalue weighted by molar-refractivity contribution is -0.384. The highest BCUT2D eigenvalue weighted by molar-refractivity contribution is 7.86. The molecule has 0 fully saturated rings. The molecule has 0 aliphatic carbocycles.